The molecule has 7 nitrogen and oxygen atoms in total. The number of benzene rings is 1. The first-order valence-corrected chi connectivity index (χ1v) is 9.80. The third kappa shape index (κ3) is 4.04. The standard InChI is InChI=1S/C14H15ClN2O5S2/c1-14(18,9-5-3-4-6-10(9)15)8-16-13-11(17(19)20)7-12(23-13)24(2,21)22/h3-7,16,18H,8H2,1-2H3. The molecule has 0 aliphatic heterocycles. The summed E-state index contributed by atoms with van der Waals surface area (Å²) in [5.41, 5.74) is -1.29. The number of anilines is 1. The Balaban J connectivity index is 2.30. The lowest BCUT2D eigenvalue weighted by molar-refractivity contribution is -0.383. The molecule has 0 aliphatic rings. The maximum atomic E-state index is 11.6. The highest BCUT2D eigenvalue weighted by Gasteiger charge is 2.29. The monoisotopic (exact) mass is 390 g/mol. The topological polar surface area (TPSA) is 110 Å². The van der Waals surface area contributed by atoms with Crippen molar-refractivity contribution >= 4 is 43.5 Å². The van der Waals surface area contributed by atoms with Crippen molar-refractivity contribution in [3.63, 3.8) is 0 Å². The highest BCUT2D eigenvalue weighted by molar-refractivity contribution is 7.92. The van der Waals surface area contributed by atoms with E-state index in [9.17, 15) is 23.6 Å². The normalized spacial score (nSPS) is 14.2. The van der Waals surface area contributed by atoms with Crippen molar-refractivity contribution in [1.82, 2.24) is 0 Å². The van der Waals surface area contributed by atoms with Crippen molar-refractivity contribution in [1.29, 1.82) is 0 Å². The number of thiophene rings is 1. The zero-order valence-electron chi connectivity index (χ0n) is 12.8. The van der Waals surface area contributed by atoms with E-state index in [1.807, 2.05) is 0 Å². The fourth-order valence-corrected chi connectivity index (χ4v) is 4.32. The molecule has 0 fully saturated rings. The molecular weight excluding hydrogens is 376 g/mol. The van der Waals surface area contributed by atoms with Gasteiger partial charge < -0.3 is 10.4 Å². The molecule has 0 radical (unpaired) electrons. The van der Waals surface area contributed by atoms with Gasteiger partial charge in [0.1, 0.15) is 9.81 Å². The predicted molar refractivity (Wildman–Crippen MR) is 93.6 cm³/mol. The molecule has 1 aromatic carbocycles. The first-order chi connectivity index (χ1) is 11.0. The van der Waals surface area contributed by atoms with Crippen molar-refractivity contribution in [2.75, 3.05) is 18.1 Å². The van der Waals surface area contributed by atoms with Crippen LogP contribution in [-0.2, 0) is 15.4 Å². The zero-order chi connectivity index (χ0) is 18.1. The number of sulfone groups is 1. The molecule has 24 heavy (non-hydrogen) atoms. The Morgan fingerprint density at radius 2 is 2.04 bits per heavy atom. The highest BCUT2D eigenvalue weighted by atomic mass is 35.5. The van der Waals surface area contributed by atoms with Crippen LogP contribution in [0.2, 0.25) is 5.02 Å². The lowest BCUT2D eigenvalue weighted by atomic mass is 9.96. The summed E-state index contributed by atoms with van der Waals surface area (Å²) < 4.78 is 23.0. The number of halogens is 1. The zero-order valence-corrected chi connectivity index (χ0v) is 15.2. The number of nitro groups is 1. The van der Waals surface area contributed by atoms with Gasteiger partial charge in [0.2, 0.25) is 0 Å². The van der Waals surface area contributed by atoms with Crippen molar-refractivity contribution in [3.05, 3.63) is 51.0 Å². The van der Waals surface area contributed by atoms with Gasteiger partial charge in [0.25, 0.3) is 0 Å². The van der Waals surface area contributed by atoms with Crippen molar-refractivity contribution < 1.29 is 18.4 Å². The van der Waals surface area contributed by atoms with E-state index in [4.69, 9.17) is 11.6 Å². The highest BCUT2D eigenvalue weighted by Crippen LogP contribution is 2.38. The molecule has 0 aliphatic carbocycles. The van der Waals surface area contributed by atoms with Gasteiger partial charge in [-0.2, -0.15) is 0 Å². The lowest BCUT2D eigenvalue weighted by Crippen LogP contribution is -2.31. The summed E-state index contributed by atoms with van der Waals surface area (Å²) in [7, 11) is -3.56. The van der Waals surface area contributed by atoms with Crippen LogP contribution in [0.5, 0.6) is 0 Å². The Morgan fingerprint density at radius 3 is 2.58 bits per heavy atom. The minimum absolute atomic E-state index is 0.0627. The van der Waals surface area contributed by atoms with Gasteiger partial charge in [0.15, 0.2) is 14.8 Å². The summed E-state index contributed by atoms with van der Waals surface area (Å²) in [5, 5.41) is 24.9. The lowest BCUT2D eigenvalue weighted by Gasteiger charge is -2.25. The Hall–Kier alpha value is -1.68. The maximum Gasteiger partial charge on any atom is 0.304 e. The molecule has 0 bridgehead atoms. The minimum atomic E-state index is -3.56. The van der Waals surface area contributed by atoms with E-state index in [0.29, 0.717) is 10.6 Å². The molecule has 1 atom stereocenters. The van der Waals surface area contributed by atoms with Gasteiger partial charge in [-0.25, -0.2) is 8.42 Å². The van der Waals surface area contributed by atoms with Gasteiger partial charge in [0.05, 0.1) is 4.92 Å². The fraction of sp³-hybridized carbons (Fsp3) is 0.286. The molecule has 0 amide bonds. The number of hydrogen-bond donors (Lipinski definition) is 2. The second-order valence-electron chi connectivity index (χ2n) is 5.42. The summed E-state index contributed by atoms with van der Waals surface area (Å²) >= 11 is 6.81. The van der Waals surface area contributed by atoms with E-state index in [1.54, 1.807) is 24.3 Å². The molecule has 2 rings (SSSR count). The van der Waals surface area contributed by atoms with E-state index >= 15 is 0 Å². The quantitative estimate of drug-likeness (QED) is 0.579. The molecule has 10 heteroatoms. The van der Waals surface area contributed by atoms with Crippen molar-refractivity contribution in [2.45, 2.75) is 16.7 Å². The van der Waals surface area contributed by atoms with Crippen LogP contribution in [0, 0.1) is 10.1 Å². The van der Waals surface area contributed by atoms with Crippen LogP contribution in [0.3, 0.4) is 0 Å². The Kier molecular flexibility index (Phi) is 5.19. The number of nitrogens with zero attached hydrogens (tertiary/aromatic N) is 1. The molecule has 130 valence electrons. The number of aliphatic hydroxyl groups is 1. The first kappa shape index (κ1) is 18.7. The van der Waals surface area contributed by atoms with Gasteiger partial charge in [-0.3, -0.25) is 10.1 Å². The van der Waals surface area contributed by atoms with Gasteiger partial charge >= 0.3 is 5.69 Å². The van der Waals surface area contributed by atoms with E-state index in [0.717, 1.165) is 23.7 Å². The number of rotatable bonds is 6. The van der Waals surface area contributed by atoms with E-state index in [1.165, 1.54) is 6.92 Å². The molecule has 0 saturated heterocycles. The third-order valence-corrected chi connectivity index (χ3v) is 6.51. The second kappa shape index (κ2) is 6.67. The summed E-state index contributed by atoms with van der Waals surface area (Å²) in [6.07, 6.45) is 0.978. The molecule has 0 spiro atoms. The van der Waals surface area contributed by atoms with Gasteiger partial charge in [-0.05, 0) is 13.0 Å². The average Bonchev–Trinajstić information content (AvgIpc) is 2.90. The Morgan fingerprint density at radius 1 is 1.42 bits per heavy atom. The van der Waals surface area contributed by atoms with Crippen molar-refractivity contribution in [2.24, 2.45) is 0 Å². The van der Waals surface area contributed by atoms with E-state index in [2.05, 4.69) is 5.32 Å². The number of hydrogen-bond acceptors (Lipinski definition) is 7. The molecule has 2 aromatic rings. The van der Waals surface area contributed by atoms with E-state index < -0.39 is 20.4 Å². The minimum Gasteiger partial charge on any atom is -0.384 e. The first-order valence-electron chi connectivity index (χ1n) is 6.72. The maximum absolute atomic E-state index is 11.6. The van der Waals surface area contributed by atoms with Gasteiger partial charge in [-0.15, -0.1) is 0 Å². The van der Waals surface area contributed by atoms with Crippen LogP contribution < -0.4 is 5.32 Å². The van der Waals surface area contributed by atoms with Crippen LogP contribution in [-0.4, -0.2) is 31.2 Å². The summed E-state index contributed by atoms with van der Waals surface area (Å²) in [4.78, 5) is 10.4. The predicted octanol–water partition coefficient (Wildman–Crippen LogP) is 3.03. The van der Waals surface area contributed by atoms with Crippen LogP contribution in [0.15, 0.2) is 34.5 Å². The SMILES string of the molecule is CC(O)(CNc1sc(S(C)(=O)=O)cc1[N+](=O)[O-])c1ccccc1Cl. The second-order valence-corrected chi connectivity index (χ2v) is 9.12. The molecular formula is C14H15ClN2O5S2. The summed E-state index contributed by atoms with van der Waals surface area (Å²) in [6.45, 7) is 1.43. The number of nitrogens with one attached hydrogen (secondary N) is 1. The van der Waals surface area contributed by atoms with Crippen LogP contribution in [0.1, 0.15) is 12.5 Å². The smallest absolute Gasteiger partial charge is 0.304 e. The third-order valence-electron chi connectivity index (χ3n) is 3.30. The Labute approximate surface area is 148 Å². The summed E-state index contributed by atoms with van der Waals surface area (Å²) in [5.74, 6) is 0. The van der Waals surface area contributed by atoms with Crippen LogP contribution in [0.25, 0.3) is 0 Å². The molecule has 2 N–H and O–H groups in total. The molecule has 0 saturated carbocycles. The fourth-order valence-electron chi connectivity index (χ4n) is 2.05. The van der Waals surface area contributed by atoms with E-state index in [-0.39, 0.29) is 21.4 Å². The van der Waals surface area contributed by atoms with Crippen LogP contribution in [0.4, 0.5) is 10.7 Å². The van der Waals surface area contributed by atoms with Gasteiger partial charge in [0, 0.05) is 29.5 Å². The Bertz CT molecular complexity index is 877. The van der Waals surface area contributed by atoms with Crippen molar-refractivity contribution in [3.8, 4) is 0 Å². The average molecular weight is 391 g/mol. The molecule has 1 aromatic heterocycles. The molecule has 1 heterocycles. The van der Waals surface area contributed by atoms with Gasteiger partial charge in [-0.1, -0.05) is 41.1 Å². The summed E-state index contributed by atoms with van der Waals surface area (Å²) in [6, 6.07) is 7.71. The molecule has 1 unspecified atom stereocenters. The van der Waals surface area contributed by atoms with Crippen LogP contribution >= 0.6 is 22.9 Å². The largest absolute Gasteiger partial charge is 0.384 e.